The van der Waals surface area contributed by atoms with Crippen molar-refractivity contribution in [1.29, 1.82) is 0 Å². The molecule has 2 rings (SSSR count). The lowest BCUT2D eigenvalue weighted by molar-refractivity contribution is 0.303. The van der Waals surface area contributed by atoms with Gasteiger partial charge in [-0.1, -0.05) is 0 Å². The van der Waals surface area contributed by atoms with Crippen LogP contribution < -0.4 is 4.74 Å². The van der Waals surface area contributed by atoms with Crippen molar-refractivity contribution in [1.82, 2.24) is 0 Å². The summed E-state index contributed by atoms with van der Waals surface area (Å²) in [7, 11) is 0. The molecule has 1 fully saturated rings. The first-order chi connectivity index (χ1) is 6.29. The Morgan fingerprint density at radius 1 is 1.46 bits per heavy atom. The molecular formula is C10H8FNO. The summed E-state index contributed by atoms with van der Waals surface area (Å²) in [6.07, 6.45) is 2.21. The molecular weight excluding hydrogens is 169 g/mol. The highest BCUT2D eigenvalue weighted by Gasteiger charge is 2.24. The molecule has 3 heteroatoms. The van der Waals surface area contributed by atoms with E-state index in [2.05, 4.69) is 4.85 Å². The van der Waals surface area contributed by atoms with Gasteiger partial charge in [-0.2, -0.15) is 0 Å². The average Bonchev–Trinajstić information content (AvgIpc) is 2.89. The van der Waals surface area contributed by atoms with E-state index in [0.29, 0.717) is 11.4 Å². The van der Waals surface area contributed by atoms with Crippen molar-refractivity contribution in [2.24, 2.45) is 0 Å². The summed E-state index contributed by atoms with van der Waals surface area (Å²) in [6, 6.07) is 3.98. The maximum atomic E-state index is 12.8. The van der Waals surface area contributed by atoms with Gasteiger partial charge in [0.1, 0.15) is 11.6 Å². The Bertz CT molecular complexity index is 366. The molecule has 1 aliphatic rings. The maximum absolute atomic E-state index is 12.8. The third-order valence-electron chi connectivity index (χ3n) is 1.86. The first-order valence-electron chi connectivity index (χ1n) is 4.13. The lowest BCUT2D eigenvalue weighted by Crippen LogP contribution is -1.96. The molecule has 0 spiro atoms. The van der Waals surface area contributed by atoms with E-state index in [1.54, 1.807) is 0 Å². The summed E-state index contributed by atoms with van der Waals surface area (Å²) >= 11 is 0. The molecule has 66 valence electrons. The van der Waals surface area contributed by atoms with Gasteiger partial charge in [0.2, 0.25) is 5.69 Å². The van der Waals surface area contributed by atoms with Gasteiger partial charge in [0.05, 0.1) is 12.7 Å². The molecule has 0 radical (unpaired) electrons. The third-order valence-corrected chi connectivity index (χ3v) is 1.86. The zero-order valence-corrected chi connectivity index (χ0v) is 6.96. The van der Waals surface area contributed by atoms with Crippen molar-refractivity contribution in [2.75, 3.05) is 0 Å². The van der Waals surface area contributed by atoms with Gasteiger partial charge in [0, 0.05) is 6.07 Å². The molecule has 0 unspecified atom stereocenters. The summed E-state index contributed by atoms with van der Waals surface area (Å²) in [4.78, 5) is 3.25. The van der Waals surface area contributed by atoms with Crippen LogP contribution in [0.4, 0.5) is 10.1 Å². The number of hydrogen-bond acceptors (Lipinski definition) is 1. The Balaban J connectivity index is 2.29. The first-order valence-corrected chi connectivity index (χ1v) is 4.13. The summed E-state index contributed by atoms with van der Waals surface area (Å²) in [5.74, 6) is 0.0144. The van der Waals surface area contributed by atoms with Gasteiger partial charge < -0.3 is 4.74 Å². The van der Waals surface area contributed by atoms with Gasteiger partial charge in [-0.15, -0.1) is 0 Å². The summed E-state index contributed by atoms with van der Waals surface area (Å²) in [6.45, 7) is 6.84. The Hall–Kier alpha value is -1.56. The minimum absolute atomic E-state index is 0.197. The number of benzene rings is 1. The molecule has 1 saturated carbocycles. The van der Waals surface area contributed by atoms with Crippen LogP contribution in [-0.2, 0) is 0 Å². The van der Waals surface area contributed by atoms with E-state index in [0.717, 1.165) is 12.8 Å². The summed E-state index contributed by atoms with van der Waals surface area (Å²) in [5.41, 5.74) is 0.383. The Morgan fingerprint density at radius 2 is 2.23 bits per heavy atom. The average molecular weight is 177 g/mol. The summed E-state index contributed by atoms with van der Waals surface area (Å²) in [5, 5.41) is 0. The smallest absolute Gasteiger partial charge is 0.228 e. The Kier molecular flexibility index (Phi) is 1.90. The molecule has 0 atom stereocenters. The van der Waals surface area contributed by atoms with Crippen LogP contribution in [0, 0.1) is 12.4 Å². The second-order valence-corrected chi connectivity index (χ2v) is 3.04. The van der Waals surface area contributed by atoms with Crippen molar-refractivity contribution in [3.8, 4) is 5.75 Å². The lowest BCUT2D eigenvalue weighted by Gasteiger charge is -2.05. The summed E-state index contributed by atoms with van der Waals surface area (Å²) < 4.78 is 18.1. The number of ether oxygens (including phenoxy) is 1. The van der Waals surface area contributed by atoms with Crippen LogP contribution in [0.1, 0.15) is 12.8 Å². The van der Waals surface area contributed by atoms with Crippen LogP contribution in [0.5, 0.6) is 5.75 Å². The number of nitrogens with zero attached hydrogens (tertiary/aromatic N) is 1. The fraction of sp³-hybridized carbons (Fsp3) is 0.300. The quantitative estimate of drug-likeness (QED) is 0.633. The van der Waals surface area contributed by atoms with Crippen LogP contribution in [0.3, 0.4) is 0 Å². The van der Waals surface area contributed by atoms with Crippen LogP contribution in [0.25, 0.3) is 4.85 Å². The lowest BCUT2D eigenvalue weighted by atomic mass is 10.3. The van der Waals surface area contributed by atoms with E-state index in [1.807, 2.05) is 0 Å². The van der Waals surface area contributed by atoms with Crippen molar-refractivity contribution < 1.29 is 9.13 Å². The fourth-order valence-electron chi connectivity index (χ4n) is 1.04. The minimum Gasteiger partial charge on any atom is -0.501 e. The normalized spacial score (nSPS) is 15.1. The largest absolute Gasteiger partial charge is 0.501 e. The van der Waals surface area contributed by atoms with Crippen LogP contribution >= 0.6 is 0 Å². The van der Waals surface area contributed by atoms with Gasteiger partial charge in [-0.05, 0) is 25.0 Å². The molecule has 2 nitrogen and oxygen atoms in total. The maximum Gasteiger partial charge on any atom is 0.228 e. The molecule has 0 N–H and O–H groups in total. The topological polar surface area (TPSA) is 13.6 Å². The zero-order chi connectivity index (χ0) is 9.26. The molecule has 0 amide bonds. The highest BCUT2D eigenvalue weighted by molar-refractivity contribution is 5.57. The fourth-order valence-corrected chi connectivity index (χ4v) is 1.04. The second kappa shape index (κ2) is 3.06. The van der Waals surface area contributed by atoms with Crippen LogP contribution in [-0.4, -0.2) is 6.10 Å². The highest BCUT2D eigenvalue weighted by atomic mass is 19.1. The Labute approximate surface area is 75.8 Å². The molecule has 0 heterocycles. The molecule has 0 saturated heterocycles. The van der Waals surface area contributed by atoms with Crippen molar-refractivity contribution >= 4 is 5.69 Å². The van der Waals surface area contributed by atoms with Gasteiger partial charge >= 0.3 is 0 Å². The molecule has 0 bridgehead atoms. The minimum atomic E-state index is -0.358. The van der Waals surface area contributed by atoms with Gasteiger partial charge in [0.15, 0.2) is 0 Å². The molecule has 1 aromatic rings. The monoisotopic (exact) mass is 177 g/mol. The standard InChI is InChI=1S/C10H8FNO/c1-12-9-5-2-7(11)6-10(9)13-8-3-4-8/h2,5-6,8H,3-4H2. The van der Waals surface area contributed by atoms with Crippen molar-refractivity contribution in [2.45, 2.75) is 18.9 Å². The van der Waals surface area contributed by atoms with Crippen molar-refractivity contribution in [3.63, 3.8) is 0 Å². The van der Waals surface area contributed by atoms with E-state index in [9.17, 15) is 4.39 Å². The highest BCUT2D eigenvalue weighted by Crippen LogP contribution is 2.34. The second-order valence-electron chi connectivity index (χ2n) is 3.04. The number of halogens is 1. The van der Waals surface area contributed by atoms with Crippen LogP contribution in [0.15, 0.2) is 18.2 Å². The molecule has 1 aliphatic carbocycles. The van der Waals surface area contributed by atoms with E-state index in [1.165, 1.54) is 18.2 Å². The predicted molar refractivity (Wildman–Crippen MR) is 46.3 cm³/mol. The molecule has 13 heavy (non-hydrogen) atoms. The van der Waals surface area contributed by atoms with Crippen molar-refractivity contribution in [3.05, 3.63) is 35.4 Å². The van der Waals surface area contributed by atoms with Gasteiger partial charge in [0.25, 0.3) is 0 Å². The van der Waals surface area contributed by atoms with E-state index in [4.69, 9.17) is 11.3 Å². The van der Waals surface area contributed by atoms with Gasteiger partial charge in [-0.3, -0.25) is 0 Å². The first kappa shape index (κ1) is 8.06. The van der Waals surface area contributed by atoms with E-state index >= 15 is 0 Å². The third kappa shape index (κ3) is 1.78. The van der Waals surface area contributed by atoms with E-state index in [-0.39, 0.29) is 11.9 Å². The molecule has 0 aromatic heterocycles. The molecule has 0 aliphatic heterocycles. The predicted octanol–water partition coefficient (Wildman–Crippen LogP) is 2.92. The van der Waals surface area contributed by atoms with E-state index < -0.39 is 0 Å². The zero-order valence-electron chi connectivity index (χ0n) is 6.96. The number of rotatable bonds is 2. The SMILES string of the molecule is [C-]#[N+]c1ccc(F)cc1OC1CC1. The van der Waals surface area contributed by atoms with Crippen LogP contribution in [0.2, 0.25) is 0 Å². The van der Waals surface area contributed by atoms with Gasteiger partial charge in [-0.25, -0.2) is 9.24 Å². The number of hydrogen-bond donors (Lipinski definition) is 0. The Morgan fingerprint density at radius 3 is 2.85 bits per heavy atom. The molecule has 1 aromatic carbocycles.